The maximum atomic E-state index is 12.9. The Bertz CT molecular complexity index is 779. The van der Waals surface area contributed by atoms with Gasteiger partial charge in [-0.3, -0.25) is 9.59 Å². The SMILES string of the molecule is CCC[C@H]1c2ccccc2CCN1C(=O)c1c[nH]c(C)cc1=O. The summed E-state index contributed by atoms with van der Waals surface area (Å²) in [7, 11) is 0. The fourth-order valence-electron chi connectivity index (χ4n) is 3.37. The van der Waals surface area contributed by atoms with Gasteiger partial charge in [-0.15, -0.1) is 0 Å². The summed E-state index contributed by atoms with van der Waals surface area (Å²) in [5, 5.41) is 0. The normalized spacial score (nSPS) is 17.0. The first-order valence-electron chi connectivity index (χ1n) is 8.20. The van der Waals surface area contributed by atoms with Gasteiger partial charge in [0, 0.05) is 24.5 Å². The number of hydrogen-bond donors (Lipinski definition) is 1. The number of carbonyl (C=O) groups is 1. The zero-order valence-electron chi connectivity index (χ0n) is 13.6. The topological polar surface area (TPSA) is 53.2 Å². The van der Waals surface area contributed by atoms with Crippen LogP contribution in [-0.2, 0) is 6.42 Å². The van der Waals surface area contributed by atoms with Gasteiger partial charge in [0.15, 0.2) is 5.43 Å². The molecule has 1 N–H and O–H groups in total. The fourth-order valence-corrected chi connectivity index (χ4v) is 3.37. The summed E-state index contributed by atoms with van der Waals surface area (Å²) in [6.07, 6.45) is 4.29. The lowest BCUT2D eigenvalue weighted by atomic mass is 9.89. The van der Waals surface area contributed by atoms with Gasteiger partial charge in [-0.1, -0.05) is 37.6 Å². The van der Waals surface area contributed by atoms with Crippen molar-refractivity contribution in [1.29, 1.82) is 0 Å². The minimum absolute atomic E-state index is 0.0538. The van der Waals surface area contributed by atoms with Gasteiger partial charge in [0.05, 0.1) is 6.04 Å². The molecule has 1 atom stereocenters. The number of fused-ring (bicyclic) bond motifs is 1. The van der Waals surface area contributed by atoms with E-state index in [0.29, 0.717) is 6.54 Å². The second-order valence-corrected chi connectivity index (χ2v) is 6.15. The number of H-pyrrole nitrogens is 1. The third-order valence-electron chi connectivity index (χ3n) is 4.52. The average Bonchev–Trinajstić information content (AvgIpc) is 2.55. The number of aromatic nitrogens is 1. The molecule has 0 aliphatic carbocycles. The van der Waals surface area contributed by atoms with Crippen LogP contribution in [0.25, 0.3) is 0 Å². The molecule has 0 saturated heterocycles. The van der Waals surface area contributed by atoms with E-state index in [1.807, 2.05) is 24.0 Å². The van der Waals surface area contributed by atoms with Crippen LogP contribution in [0.1, 0.15) is 53.0 Å². The van der Waals surface area contributed by atoms with Gasteiger partial charge in [0.25, 0.3) is 5.91 Å². The molecule has 1 aliphatic heterocycles. The number of aryl methyl sites for hydroxylation is 1. The molecule has 4 heteroatoms. The molecular weight excluding hydrogens is 288 g/mol. The molecule has 4 nitrogen and oxygen atoms in total. The lowest BCUT2D eigenvalue weighted by molar-refractivity contribution is 0.0648. The van der Waals surface area contributed by atoms with Crippen LogP contribution in [0.3, 0.4) is 0 Å². The van der Waals surface area contributed by atoms with Gasteiger partial charge in [-0.2, -0.15) is 0 Å². The Morgan fingerprint density at radius 3 is 2.87 bits per heavy atom. The minimum Gasteiger partial charge on any atom is -0.364 e. The highest BCUT2D eigenvalue weighted by molar-refractivity contribution is 5.94. The van der Waals surface area contributed by atoms with Gasteiger partial charge in [-0.05, 0) is 30.9 Å². The van der Waals surface area contributed by atoms with E-state index in [4.69, 9.17) is 0 Å². The summed E-state index contributed by atoms with van der Waals surface area (Å²) in [6.45, 7) is 4.60. The lowest BCUT2D eigenvalue weighted by Crippen LogP contribution is -2.41. The Morgan fingerprint density at radius 2 is 2.13 bits per heavy atom. The van der Waals surface area contributed by atoms with Crippen LogP contribution in [0.5, 0.6) is 0 Å². The summed E-state index contributed by atoms with van der Waals surface area (Å²) in [5.74, 6) is -0.167. The second kappa shape index (κ2) is 6.41. The molecule has 1 aromatic carbocycles. The maximum Gasteiger partial charge on any atom is 0.259 e. The van der Waals surface area contributed by atoms with Crippen molar-refractivity contribution in [1.82, 2.24) is 9.88 Å². The Kier molecular flexibility index (Phi) is 4.33. The summed E-state index contributed by atoms with van der Waals surface area (Å²) in [5.41, 5.74) is 3.32. The van der Waals surface area contributed by atoms with Gasteiger partial charge < -0.3 is 9.88 Å². The first kappa shape index (κ1) is 15.5. The number of benzene rings is 1. The number of carbonyl (C=O) groups excluding carboxylic acids is 1. The van der Waals surface area contributed by atoms with Crippen LogP contribution in [0, 0.1) is 6.92 Å². The predicted molar refractivity (Wildman–Crippen MR) is 90.6 cm³/mol. The van der Waals surface area contributed by atoms with Gasteiger partial charge >= 0.3 is 0 Å². The molecule has 0 saturated carbocycles. The number of rotatable bonds is 3. The van der Waals surface area contributed by atoms with Crippen LogP contribution in [0.15, 0.2) is 41.3 Å². The number of amides is 1. The Morgan fingerprint density at radius 1 is 1.35 bits per heavy atom. The number of pyridine rings is 1. The molecule has 120 valence electrons. The number of aromatic amines is 1. The lowest BCUT2D eigenvalue weighted by Gasteiger charge is -2.37. The van der Waals surface area contributed by atoms with Crippen molar-refractivity contribution in [2.24, 2.45) is 0 Å². The van der Waals surface area contributed by atoms with E-state index in [1.165, 1.54) is 17.2 Å². The van der Waals surface area contributed by atoms with E-state index in [-0.39, 0.29) is 22.9 Å². The molecule has 0 spiro atoms. The van der Waals surface area contributed by atoms with Crippen molar-refractivity contribution in [2.45, 2.75) is 39.2 Å². The summed E-state index contributed by atoms with van der Waals surface area (Å²) in [6, 6.07) is 9.85. The van der Waals surface area contributed by atoms with Crippen molar-refractivity contribution in [2.75, 3.05) is 6.54 Å². The first-order chi connectivity index (χ1) is 11.1. The molecule has 0 radical (unpaired) electrons. The van der Waals surface area contributed by atoms with Crippen molar-refractivity contribution in [3.05, 3.63) is 69.1 Å². The molecule has 0 bridgehead atoms. The van der Waals surface area contributed by atoms with E-state index in [2.05, 4.69) is 24.0 Å². The quantitative estimate of drug-likeness (QED) is 0.946. The summed E-state index contributed by atoms with van der Waals surface area (Å²) >= 11 is 0. The molecule has 0 unspecified atom stereocenters. The average molecular weight is 310 g/mol. The molecular formula is C19H22N2O2. The smallest absolute Gasteiger partial charge is 0.259 e. The third-order valence-corrected chi connectivity index (χ3v) is 4.52. The highest BCUT2D eigenvalue weighted by Gasteiger charge is 2.31. The van der Waals surface area contributed by atoms with E-state index in [0.717, 1.165) is 25.0 Å². The van der Waals surface area contributed by atoms with Gasteiger partial charge in [0.2, 0.25) is 0 Å². The predicted octanol–water partition coefficient (Wildman–Crippen LogP) is 3.22. The Labute approximate surface area is 136 Å². The van der Waals surface area contributed by atoms with Crippen LogP contribution in [0.4, 0.5) is 0 Å². The maximum absolute atomic E-state index is 12.9. The van der Waals surface area contributed by atoms with Crippen LogP contribution in [0.2, 0.25) is 0 Å². The number of hydrogen-bond acceptors (Lipinski definition) is 2. The first-order valence-corrected chi connectivity index (χ1v) is 8.20. The Balaban J connectivity index is 1.98. The summed E-state index contributed by atoms with van der Waals surface area (Å²) in [4.78, 5) is 29.9. The molecule has 3 rings (SSSR count). The standard InChI is InChI=1S/C19H22N2O2/c1-3-6-17-15-8-5-4-7-14(15)9-10-21(17)19(23)16-12-20-13(2)11-18(16)22/h4-5,7-8,11-12,17H,3,6,9-10H2,1-2H3,(H,20,22)/t17-/m0/s1. The Hall–Kier alpha value is -2.36. The minimum atomic E-state index is -0.208. The largest absolute Gasteiger partial charge is 0.364 e. The highest BCUT2D eigenvalue weighted by atomic mass is 16.2. The zero-order valence-corrected chi connectivity index (χ0v) is 13.6. The molecule has 1 aromatic heterocycles. The van der Waals surface area contributed by atoms with Crippen LogP contribution in [-0.4, -0.2) is 22.3 Å². The van der Waals surface area contributed by atoms with Crippen molar-refractivity contribution in [3.8, 4) is 0 Å². The van der Waals surface area contributed by atoms with Crippen LogP contribution >= 0.6 is 0 Å². The second-order valence-electron chi connectivity index (χ2n) is 6.15. The molecule has 23 heavy (non-hydrogen) atoms. The van der Waals surface area contributed by atoms with Gasteiger partial charge in [-0.25, -0.2) is 0 Å². The van der Waals surface area contributed by atoms with E-state index in [1.54, 1.807) is 6.20 Å². The molecule has 1 aliphatic rings. The monoisotopic (exact) mass is 310 g/mol. The number of nitrogens with zero attached hydrogens (tertiary/aromatic N) is 1. The molecule has 2 heterocycles. The number of nitrogens with one attached hydrogen (secondary N) is 1. The third kappa shape index (κ3) is 2.93. The highest BCUT2D eigenvalue weighted by Crippen LogP contribution is 2.33. The van der Waals surface area contributed by atoms with E-state index >= 15 is 0 Å². The van der Waals surface area contributed by atoms with Crippen molar-refractivity contribution < 1.29 is 4.79 Å². The van der Waals surface area contributed by atoms with E-state index in [9.17, 15) is 9.59 Å². The van der Waals surface area contributed by atoms with Crippen LogP contribution < -0.4 is 5.43 Å². The van der Waals surface area contributed by atoms with Gasteiger partial charge in [0.1, 0.15) is 5.56 Å². The van der Waals surface area contributed by atoms with E-state index < -0.39 is 0 Å². The van der Waals surface area contributed by atoms with Crippen molar-refractivity contribution >= 4 is 5.91 Å². The molecule has 1 amide bonds. The van der Waals surface area contributed by atoms with Crippen molar-refractivity contribution in [3.63, 3.8) is 0 Å². The molecule has 0 fully saturated rings. The fraction of sp³-hybridized carbons (Fsp3) is 0.368. The summed E-state index contributed by atoms with van der Waals surface area (Å²) < 4.78 is 0. The molecule has 2 aromatic rings. The zero-order chi connectivity index (χ0) is 16.4.